The number of ether oxygens (including phenoxy) is 3. The molecule has 2 rings (SSSR count). The maximum absolute atomic E-state index is 5.79. The highest BCUT2D eigenvalue weighted by Crippen LogP contribution is 2.38. The van der Waals surface area contributed by atoms with Crippen molar-refractivity contribution >= 4 is 0 Å². The molecular weight excluding hydrogens is 218 g/mol. The Hall–Kier alpha value is -1.42. The van der Waals surface area contributed by atoms with Gasteiger partial charge in [0.1, 0.15) is 5.75 Å². The topological polar surface area (TPSA) is 53.7 Å². The quantitative estimate of drug-likeness (QED) is 0.853. The van der Waals surface area contributed by atoms with Crippen LogP contribution in [-0.4, -0.2) is 13.4 Å². The molecule has 0 spiro atoms. The third-order valence-electron chi connectivity index (χ3n) is 3.00. The molecule has 1 aliphatic heterocycles. The van der Waals surface area contributed by atoms with Gasteiger partial charge in [-0.1, -0.05) is 20.3 Å². The van der Waals surface area contributed by atoms with E-state index < -0.39 is 0 Å². The molecular formula is C13H19NO3. The van der Waals surface area contributed by atoms with Gasteiger partial charge >= 0.3 is 0 Å². The van der Waals surface area contributed by atoms with E-state index in [9.17, 15) is 0 Å². The van der Waals surface area contributed by atoms with Crippen molar-refractivity contribution in [3.05, 3.63) is 17.7 Å². The third kappa shape index (κ3) is 2.64. The van der Waals surface area contributed by atoms with Crippen molar-refractivity contribution in [2.75, 3.05) is 13.4 Å². The molecule has 1 aliphatic rings. The van der Waals surface area contributed by atoms with Crippen LogP contribution in [0.15, 0.2) is 12.1 Å². The van der Waals surface area contributed by atoms with E-state index >= 15 is 0 Å². The van der Waals surface area contributed by atoms with Gasteiger partial charge < -0.3 is 19.9 Å². The molecule has 1 heterocycles. The summed E-state index contributed by atoms with van der Waals surface area (Å²) in [6, 6.07) is 3.77. The van der Waals surface area contributed by atoms with Crippen LogP contribution in [0.3, 0.4) is 0 Å². The standard InChI is InChI=1S/C13H19NO3/c1-3-9(2)7-15-11-5-13-12(16-8-17-13)4-10(11)6-14/h4-5,9H,3,6-8,14H2,1-2H3. The van der Waals surface area contributed by atoms with E-state index in [1.807, 2.05) is 12.1 Å². The average Bonchev–Trinajstić information content (AvgIpc) is 2.81. The summed E-state index contributed by atoms with van der Waals surface area (Å²) < 4.78 is 16.4. The van der Waals surface area contributed by atoms with E-state index in [0.29, 0.717) is 19.1 Å². The van der Waals surface area contributed by atoms with Crippen LogP contribution in [0.5, 0.6) is 17.2 Å². The first-order chi connectivity index (χ1) is 8.24. The molecule has 1 aromatic rings. The Morgan fingerprint density at radius 2 is 2.06 bits per heavy atom. The second kappa shape index (κ2) is 5.27. The molecule has 17 heavy (non-hydrogen) atoms. The van der Waals surface area contributed by atoms with Crippen LogP contribution in [0.1, 0.15) is 25.8 Å². The Bertz CT molecular complexity index is 392. The maximum Gasteiger partial charge on any atom is 0.231 e. The van der Waals surface area contributed by atoms with Gasteiger partial charge in [0.15, 0.2) is 11.5 Å². The molecule has 0 saturated heterocycles. The minimum absolute atomic E-state index is 0.272. The highest BCUT2D eigenvalue weighted by Gasteiger charge is 2.17. The van der Waals surface area contributed by atoms with Crippen molar-refractivity contribution < 1.29 is 14.2 Å². The van der Waals surface area contributed by atoms with Gasteiger partial charge in [0.05, 0.1) is 6.61 Å². The van der Waals surface area contributed by atoms with Gasteiger partial charge in [-0.2, -0.15) is 0 Å². The van der Waals surface area contributed by atoms with Crippen LogP contribution in [0.25, 0.3) is 0 Å². The monoisotopic (exact) mass is 237 g/mol. The van der Waals surface area contributed by atoms with Crippen molar-refractivity contribution in [2.24, 2.45) is 11.7 Å². The van der Waals surface area contributed by atoms with Gasteiger partial charge in [0.25, 0.3) is 0 Å². The average molecular weight is 237 g/mol. The molecule has 1 aromatic carbocycles. The van der Waals surface area contributed by atoms with Crippen LogP contribution >= 0.6 is 0 Å². The predicted molar refractivity (Wildman–Crippen MR) is 65.4 cm³/mol. The Balaban J connectivity index is 2.15. The molecule has 0 amide bonds. The first-order valence-electron chi connectivity index (χ1n) is 6.00. The molecule has 0 saturated carbocycles. The van der Waals surface area contributed by atoms with E-state index in [2.05, 4.69) is 13.8 Å². The molecule has 0 radical (unpaired) electrons. The molecule has 0 aromatic heterocycles. The van der Waals surface area contributed by atoms with Gasteiger partial charge in [-0.05, 0) is 12.0 Å². The van der Waals surface area contributed by atoms with E-state index in [1.54, 1.807) is 0 Å². The summed E-state index contributed by atoms with van der Waals surface area (Å²) in [6.45, 7) is 5.72. The zero-order chi connectivity index (χ0) is 12.3. The third-order valence-corrected chi connectivity index (χ3v) is 3.00. The molecule has 4 heteroatoms. The maximum atomic E-state index is 5.79. The molecule has 1 unspecified atom stereocenters. The fourth-order valence-electron chi connectivity index (χ4n) is 1.61. The van der Waals surface area contributed by atoms with Gasteiger partial charge in [-0.3, -0.25) is 0 Å². The Morgan fingerprint density at radius 1 is 1.35 bits per heavy atom. The summed E-state index contributed by atoms with van der Waals surface area (Å²) in [5.41, 5.74) is 6.66. The van der Waals surface area contributed by atoms with Crippen molar-refractivity contribution in [3.8, 4) is 17.2 Å². The summed E-state index contributed by atoms with van der Waals surface area (Å²) >= 11 is 0. The lowest BCUT2D eigenvalue weighted by atomic mass is 10.1. The lowest BCUT2D eigenvalue weighted by Crippen LogP contribution is -2.09. The van der Waals surface area contributed by atoms with Crippen molar-refractivity contribution in [1.82, 2.24) is 0 Å². The minimum atomic E-state index is 0.272. The summed E-state index contributed by atoms with van der Waals surface area (Å²) in [5, 5.41) is 0. The van der Waals surface area contributed by atoms with Crippen LogP contribution in [0.2, 0.25) is 0 Å². The van der Waals surface area contributed by atoms with Gasteiger partial charge in [-0.15, -0.1) is 0 Å². The number of hydrogen-bond donors (Lipinski definition) is 1. The molecule has 0 aliphatic carbocycles. The van der Waals surface area contributed by atoms with Gasteiger partial charge in [0, 0.05) is 18.2 Å². The number of hydrogen-bond acceptors (Lipinski definition) is 4. The van der Waals surface area contributed by atoms with E-state index in [1.165, 1.54) is 0 Å². The lowest BCUT2D eigenvalue weighted by Gasteiger charge is -2.14. The summed E-state index contributed by atoms with van der Waals surface area (Å²) in [4.78, 5) is 0. The van der Waals surface area contributed by atoms with Crippen LogP contribution in [-0.2, 0) is 6.54 Å². The van der Waals surface area contributed by atoms with Crippen molar-refractivity contribution in [3.63, 3.8) is 0 Å². The lowest BCUT2D eigenvalue weighted by molar-refractivity contribution is 0.173. The Morgan fingerprint density at radius 3 is 2.71 bits per heavy atom. The Kier molecular flexibility index (Phi) is 3.74. The van der Waals surface area contributed by atoms with E-state index in [-0.39, 0.29) is 6.79 Å². The largest absolute Gasteiger partial charge is 0.493 e. The molecule has 4 nitrogen and oxygen atoms in total. The van der Waals surface area contributed by atoms with Crippen molar-refractivity contribution in [2.45, 2.75) is 26.8 Å². The number of benzene rings is 1. The SMILES string of the molecule is CCC(C)COc1cc2c(cc1CN)OCO2. The highest BCUT2D eigenvalue weighted by atomic mass is 16.7. The first kappa shape index (κ1) is 12.0. The van der Waals surface area contributed by atoms with E-state index in [4.69, 9.17) is 19.9 Å². The number of rotatable bonds is 5. The van der Waals surface area contributed by atoms with Crippen LogP contribution < -0.4 is 19.9 Å². The van der Waals surface area contributed by atoms with Gasteiger partial charge in [-0.25, -0.2) is 0 Å². The summed E-state index contributed by atoms with van der Waals surface area (Å²) in [6.07, 6.45) is 1.10. The summed E-state index contributed by atoms with van der Waals surface area (Å²) in [5.74, 6) is 2.82. The molecule has 0 bridgehead atoms. The van der Waals surface area contributed by atoms with Crippen molar-refractivity contribution in [1.29, 1.82) is 0 Å². The number of fused-ring (bicyclic) bond motifs is 1. The molecule has 2 N–H and O–H groups in total. The van der Waals surface area contributed by atoms with Crippen LogP contribution in [0.4, 0.5) is 0 Å². The molecule has 1 atom stereocenters. The van der Waals surface area contributed by atoms with Gasteiger partial charge in [0.2, 0.25) is 6.79 Å². The number of nitrogens with two attached hydrogens (primary N) is 1. The fraction of sp³-hybridized carbons (Fsp3) is 0.538. The molecule has 0 fully saturated rings. The Labute approximate surface area is 102 Å². The smallest absolute Gasteiger partial charge is 0.231 e. The summed E-state index contributed by atoms with van der Waals surface area (Å²) in [7, 11) is 0. The molecule has 94 valence electrons. The zero-order valence-corrected chi connectivity index (χ0v) is 10.4. The first-order valence-corrected chi connectivity index (χ1v) is 6.00. The second-order valence-electron chi connectivity index (χ2n) is 4.34. The predicted octanol–water partition coefficient (Wildman–Crippen LogP) is 2.30. The van der Waals surface area contributed by atoms with E-state index in [0.717, 1.165) is 29.2 Å². The minimum Gasteiger partial charge on any atom is -0.493 e. The zero-order valence-electron chi connectivity index (χ0n) is 10.4. The second-order valence-corrected chi connectivity index (χ2v) is 4.34. The fourth-order valence-corrected chi connectivity index (χ4v) is 1.61. The highest BCUT2D eigenvalue weighted by molar-refractivity contribution is 5.51. The van der Waals surface area contributed by atoms with Crippen LogP contribution in [0, 0.1) is 5.92 Å². The normalized spacial score (nSPS) is 14.8.